The van der Waals surface area contributed by atoms with Gasteiger partial charge in [0.2, 0.25) is 5.75 Å². The lowest BCUT2D eigenvalue weighted by Crippen LogP contribution is -2.27. The van der Waals surface area contributed by atoms with Gasteiger partial charge in [-0.25, -0.2) is 4.79 Å². The van der Waals surface area contributed by atoms with E-state index >= 15 is 0 Å². The van der Waals surface area contributed by atoms with E-state index in [-0.39, 0.29) is 5.56 Å². The molecule has 2 aromatic rings. The van der Waals surface area contributed by atoms with Gasteiger partial charge in [-0.1, -0.05) is 18.2 Å². The lowest BCUT2D eigenvalue weighted by Gasteiger charge is -2.13. The van der Waals surface area contributed by atoms with Crippen LogP contribution in [0.4, 0.5) is 0 Å². The summed E-state index contributed by atoms with van der Waals surface area (Å²) in [5.74, 6) is -0.337. The van der Waals surface area contributed by atoms with Crippen LogP contribution in [-0.2, 0) is 4.84 Å². The van der Waals surface area contributed by atoms with E-state index in [9.17, 15) is 9.59 Å². The van der Waals surface area contributed by atoms with Crippen LogP contribution in [0.2, 0.25) is 0 Å². The van der Waals surface area contributed by atoms with Gasteiger partial charge < -0.3 is 19.0 Å². The van der Waals surface area contributed by atoms with Gasteiger partial charge in [0.15, 0.2) is 11.5 Å². The first-order valence-electron chi connectivity index (χ1n) is 6.97. The number of hydrogen-bond donors (Lipinski definition) is 1. The molecule has 0 heterocycles. The van der Waals surface area contributed by atoms with E-state index in [2.05, 4.69) is 5.48 Å². The highest BCUT2D eigenvalue weighted by molar-refractivity contribution is 5.96. The molecule has 0 aliphatic carbocycles. The Labute approximate surface area is 139 Å². The van der Waals surface area contributed by atoms with Gasteiger partial charge in [0.1, 0.15) is 0 Å². The lowest BCUT2D eigenvalue weighted by atomic mass is 10.2. The quantitative estimate of drug-likeness (QED) is 0.846. The van der Waals surface area contributed by atoms with Crippen molar-refractivity contribution in [2.75, 3.05) is 21.3 Å². The van der Waals surface area contributed by atoms with E-state index in [1.165, 1.54) is 33.5 Å². The van der Waals surface area contributed by atoms with Gasteiger partial charge in [-0.3, -0.25) is 4.79 Å². The number of ether oxygens (including phenoxy) is 3. The number of nitrogens with one attached hydrogen (secondary N) is 1. The van der Waals surface area contributed by atoms with Gasteiger partial charge in [0.05, 0.1) is 26.9 Å². The zero-order valence-electron chi connectivity index (χ0n) is 13.5. The van der Waals surface area contributed by atoms with Gasteiger partial charge in [0.25, 0.3) is 5.91 Å². The third-order valence-corrected chi connectivity index (χ3v) is 3.17. The normalized spacial score (nSPS) is 9.79. The minimum absolute atomic E-state index is 0.137. The number of hydroxylamine groups is 1. The van der Waals surface area contributed by atoms with Gasteiger partial charge in [-0.05, 0) is 24.3 Å². The second-order valence-electron chi connectivity index (χ2n) is 4.60. The molecule has 0 saturated heterocycles. The summed E-state index contributed by atoms with van der Waals surface area (Å²) >= 11 is 0. The van der Waals surface area contributed by atoms with Crippen LogP contribution in [0.25, 0.3) is 0 Å². The Bertz CT molecular complexity index is 704. The molecule has 7 heteroatoms. The first-order valence-corrected chi connectivity index (χ1v) is 6.97. The van der Waals surface area contributed by atoms with Crippen molar-refractivity contribution in [3.8, 4) is 17.2 Å². The zero-order chi connectivity index (χ0) is 17.5. The fourth-order valence-corrected chi connectivity index (χ4v) is 2.00. The molecule has 0 aromatic heterocycles. The second-order valence-corrected chi connectivity index (χ2v) is 4.60. The van der Waals surface area contributed by atoms with E-state index in [0.29, 0.717) is 22.8 Å². The maximum absolute atomic E-state index is 12.1. The molecular formula is C17H17NO6. The van der Waals surface area contributed by atoms with Crippen LogP contribution < -0.4 is 19.7 Å². The molecule has 0 spiro atoms. The minimum Gasteiger partial charge on any atom is -0.493 e. The smallest absolute Gasteiger partial charge is 0.363 e. The maximum atomic E-state index is 12.1. The topological polar surface area (TPSA) is 83.1 Å². The average molecular weight is 331 g/mol. The number of carbonyl (C=O) groups excluding carboxylic acids is 2. The predicted octanol–water partition coefficient (Wildman–Crippen LogP) is 2.21. The molecule has 0 fully saturated rings. The summed E-state index contributed by atoms with van der Waals surface area (Å²) in [4.78, 5) is 28.8. The zero-order valence-corrected chi connectivity index (χ0v) is 13.5. The Hall–Kier alpha value is -3.22. The van der Waals surface area contributed by atoms with Gasteiger partial charge >= 0.3 is 5.97 Å². The highest BCUT2D eigenvalue weighted by Crippen LogP contribution is 2.38. The molecule has 0 aliphatic heterocycles. The molecule has 1 N–H and O–H groups in total. The number of amides is 1. The van der Waals surface area contributed by atoms with E-state index in [0.717, 1.165) is 0 Å². The van der Waals surface area contributed by atoms with E-state index in [1.54, 1.807) is 30.3 Å². The SMILES string of the molecule is COc1cc(C(=O)ONC(=O)c2ccccc2)cc(OC)c1OC. The number of rotatable bonds is 5. The first-order chi connectivity index (χ1) is 11.6. The summed E-state index contributed by atoms with van der Waals surface area (Å²) in [7, 11) is 4.33. The minimum atomic E-state index is -0.765. The van der Waals surface area contributed by atoms with Crippen LogP contribution in [0.1, 0.15) is 20.7 Å². The highest BCUT2D eigenvalue weighted by atomic mass is 16.7. The van der Waals surface area contributed by atoms with Crippen molar-refractivity contribution in [3.63, 3.8) is 0 Å². The predicted molar refractivity (Wildman–Crippen MR) is 85.4 cm³/mol. The Kier molecular flexibility index (Phi) is 5.62. The van der Waals surface area contributed by atoms with Crippen molar-refractivity contribution in [2.45, 2.75) is 0 Å². The fourth-order valence-electron chi connectivity index (χ4n) is 2.00. The molecule has 126 valence electrons. The maximum Gasteiger partial charge on any atom is 0.363 e. The molecule has 0 unspecified atom stereocenters. The van der Waals surface area contributed by atoms with Crippen molar-refractivity contribution in [3.05, 3.63) is 53.6 Å². The Balaban J connectivity index is 2.13. The molecule has 7 nitrogen and oxygen atoms in total. The Morgan fingerprint density at radius 2 is 1.42 bits per heavy atom. The van der Waals surface area contributed by atoms with E-state index in [1.807, 2.05) is 0 Å². The molecule has 24 heavy (non-hydrogen) atoms. The highest BCUT2D eigenvalue weighted by Gasteiger charge is 2.19. The number of methoxy groups -OCH3 is 3. The van der Waals surface area contributed by atoms with Gasteiger partial charge in [-0.2, -0.15) is 5.48 Å². The summed E-state index contributed by atoms with van der Waals surface area (Å²) in [6.45, 7) is 0. The lowest BCUT2D eigenvalue weighted by molar-refractivity contribution is 0.0229. The van der Waals surface area contributed by atoms with E-state index < -0.39 is 11.9 Å². The van der Waals surface area contributed by atoms with Crippen LogP contribution in [0.3, 0.4) is 0 Å². The van der Waals surface area contributed by atoms with Crippen LogP contribution in [0, 0.1) is 0 Å². The molecule has 2 rings (SSSR count). The second kappa shape index (κ2) is 7.87. The van der Waals surface area contributed by atoms with E-state index in [4.69, 9.17) is 19.0 Å². The molecular weight excluding hydrogens is 314 g/mol. The molecule has 0 saturated carbocycles. The summed E-state index contributed by atoms with van der Waals surface area (Å²) in [5.41, 5.74) is 2.61. The molecule has 0 bridgehead atoms. The summed E-state index contributed by atoms with van der Waals surface area (Å²) in [6, 6.07) is 11.2. The van der Waals surface area contributed by atoms with Crippen LogP contribution in [0.5, 0.6) is 17.2 Å². The van der Waals surface area contributed by atoms with Crippen molar-refractivity contribution in [2.24, 2.45) is 0 Å². The number of hydrogen-bond acceptors (Lipinski definition) is 6. The largest absolute Gasteiger partial charge is 0.493 e. The van der Waals surface area contributed by atoms with Crippen LogP contribution >= 0.6 is 0 Å². The standard InChI is InChI=1S/C17H17NO6/c1-21-13-9-12(10-14(22-2)15(13)23-3)17(20)24-18-16(19)11-7-5-4-6-8-11/h4-10H,1-3H3,(H,18,19). The molecule has 2 aromatic carbocycles. The first kappa shape index (κ1) is 17.1. The third-order valence-electron chi connectivity index (χ3n) is 3.17. The summed E-state index contributed by atoms with van der Waals surface area (Å²) < 4.78 is 15.5. The molecule has 0 atom stereocenters. The van der Waals surface area contributed by atoms with Gasteiger partial charge in [0, 0.05) is 5.56 Å². The fraction of sp³-hybridized carbons (Fsp3) is 0.176. The summed E-state index contributed by atoms with van der Waals surface area (Å²) in [6.07, 6.45) is 0. The monoisotopic (exact) mass is 331 g/mol. The van der Waals surface area contributed by atoms with Crippen LogP contribution in [0.15, 0.2) is 42.5 Å². The van der Waals surface area contributed by atoms with Crippen LogP contribution in [-0.4, -0.2) is 33.2 Å². The number of benzene rings is 2. The molecule has 0 aliphatic rings. The molecule has 1 amide bonds. The third kappa shape index (κ3) is 3.75. The van der Waals surface area contributed by atoms with Crippen molar-refractivity contribution in [1.82, 2.24) is 5.48 Å². The number of carbonyl (C=O) groups is 2. The average Bonchev–Trinajstić information content (AvgIpc) is 2.65. The summed E-state index contributed by atoms with van der Waals surface area (Å²) in [5, 5.41) is 0. The van der Waals surface area contributed by atoms with Crippen molar-refractivity contribution < 1.29 is 28.6 Å². The van der Waals surface area contributed by atoms with Crippen molar-refractivity contribution >= 4 is 11.9 Å². The molecule has 0 radical (unpaired) electrons. The van der Waals surface area contributed by atoms with Gasteiger partial charge in [-0.15, -0.1) is 0 Å². The Morgan fingerprint density at radius 3 is 1.92 bits per heavy atom. The Morgan fingerprint density at radius 1 is 0.833 bits per heavy atom. The van der Waals surface area contributed by atoms with Crippen molar-refractivity contribution in [1.29, 1.82) is 0 Å².